The second kappa shape index (κ2) is 5.33. The summed E-state index contributed by atoms with van der Waals surface area (Å²) in [5, 5.41) is 11.5. The highest BCUT2D eigenvalue weighted by atomic mass is 16.4. The Kier molecular flexibility index (Phi) is 3.34. The van der Waals surface area contributed by atoms with Gasteiger partial charge in [0.1, 0.15) is 11.3 Å². The van der Waals surface area contributed by atoms with Gasteiger partial charge in [0.05, 0.1) is 5.56 Å². The van der Waals surface area contributed by atoms with Crippen LogP contribution in [0.1, 0.15) is 26.4 Å². The monoisotopic (exact) mass is 295 g/mol. The Bertz CT molecular complexity index is 866. The minimum atomic E-state index is -1.01. The van der Waals surface area contributed by atoms with Gasteiger partial charge in [0.15, 0.2) is 0 Å². The number of anilines is 1. The van der Waals surface area contributed by atoms with Gasteiger partial charge in [-0.25, -0.2) is 9.78 Å². The maximum atomic E-state index is 12.2. The number of amides is 1. The van der Waals surface area contributed by atoms with Crippen molar-refractivity contribution < 1.29 is 14.7 Å². The van der Waals surface area contributed by atoms with Crippen molar-refractivity contribution in [1.82, 2.24) is 9.38 Å². The minimum absolute atomic E-state index is 0.168. The number of rotatable bonds is 3. The number of fused-ring (bicyclic) bond motifs is 1. The molecule has 0 atom stereocenters. The molecule has 2 aromatic heterocycles. The van der Waals surface area contributed by atoms with E-state index in [9.17, 15) is 9.59 Å². The normalized spacial score (nSPS) is 10.6. The molecule has 22 heavy (non-hydrogen) atoms. The molecule has 0 spiro atoms. The zero-order valence-corrected chi connectivity index (χ0v) is 11.8. The number of carbonyl (C=O) groups is 2. The molecular weight excluding hydrogens is 282 g/mol. The number of imidazole rings is 1. The van der Waals surface area contributed by atoms with Crippen LogP contribution in [0.5, 0.6) is 0 Å². The minimum Gasteiger partial charge on any atom is -0.478 e. The van der Waals surface area contributed by atoms with Crippen LogP contribution in [-0.4, -0.2) is 26.4 Å². The van der Waals surface area contributed by atoms with E-state index in [0.29, 0.717) is 17.0 Å². The first-order valence-corrected chi connectivity index (χ1v) is 6.63. The molecule has 0 saturated carbocycles. The van der Waals surface area contributed by atoms with Crippen molar-refractivity contribution in [1.29, 1.82) is 0 Å². The van der Waals surface area contributed by atoms with Gasteiger partial charge in [0, 0.05) is 18.1 Å². The predicted octanol–water partition coefficient (Wildman–Crippen LogP) is 2.59. The zero-order chi connectivity index (χ0) is 15.7. The van der Waals surface area contributed by atoms with Crippen LogP contribution in [-0.2, 0) is 0 Å². The van der Waals surface area contributed by atoms with Gasteiger partial charge in [0.2, 0.25) is 0 Å². The van der Waals surface area contributed by atoms with E-state index in [1.165, 1.54) is 12.1 Å². The van der Waals surface area contributed by atoms with E-state index in [0.717, 1.165) is 5.56 Å². The number of nitrogens with zero attached hydrogens (tertiary/aromatic N) is 2. The topological polar surface area (TPSA) is 83.7 Å². The molecule has 0 bridgehead atoms. The Morgan fingerprint density at radius 1 is 1.18 bits per heavy atom. The number of aromatic nitrogens is 2. The van der Waals surface area contributed by atoms with Crippen LogP contribution >= 0.6 is 0 Å². The Labute approximate surface area is 126 Å². The van der Waals surface area contributed by atoms with Crippen LogP contribution in [0, 0.1) is 6.92 Å². The van der Waals surface area contributed by atoms with Gasteiger partial charge in [-0.2, -0.15) is 0 Å². The molecule has 0 aliphatic heterocycles. The van der Waals surface area contributed by atoms with Gasteiger partial charge < -0.3 is 14.8 Å². The maximum Gasteiger partial charge on any atom is 0.335 e. The Morgan fingerprint density at radius 3 is 2.59 bits per heavy atom. The molecule has 6 nitrogen and oxygen atoms in total. The van der Waals surface area contributed by atoms with E-state index < -0.39 is 5.97 Å². The molecule has 110 valence electrons. The first-order chi connectivity index (χ1) is 10.5. The van der Waals surface area contributed by atoms with Crippen molar-refractivity contribution in [3.63, 3.8) is 0 Å². The highest BCUT2D eigenvalue weighted by molar-refractivity contribution is 6.03. The second-order valence-electron chi connectivity index (χ2n) is 4.93. The lowest BCUT2D eigenvalue weighted by Crippen LogP contribution is -2.12. The molecule has 1 amide bonds. The molecule has 0 aliphatic carbocycles. The largest absolute Gasteiger partial charge is 0.478 e. The summed E-state index contributed by atoms with van der Waals surface area (Å²) in [7, 11) is 0. The summed E-state index contributed by atoms with van der Waals surface area (Å²) in [5.74, 6) is -1.35. The summed E-state index contributed by atoms with van der Waals surface area (Å²) in [5.41, 5.74) is 2.75. The van der Waals surface area contributed by atoms with E-state index in [1.54, 1.807) is 22.7 Å². The van der Waals surface area contributed by atoms with Gasteiger partial charge >= 0.3 is 5.97 Å². The van der Waals surface area contributed by atoms with E-state index >= 15 is 0 Å². The number of aromatic carboxylic acids is 1. The molecule has 3 rings (SSSR count). The number of pyridine rings is 1. The summed E-state index contributed by atoms with van der Waals surface area (Å²) in [6, 6.07) is 9.78. The van der Waals surface area contributed by atoms with Crippen molar-refractivity contribution in [2.24, 2.45) is 0 Å². The number of nitrogens with one attached hydrogen (secondary N) is 1. The van der Waals surface area contributed by atoms with E-state index in [1.807, 2.05) is 25.3 Å². The summed E-state index contributed by atoms with van der Waals surface area (Å²) >= 11 is 0. The highest BCUT2D eigenvalue weighted by Gasteiger charge is 2.11. The van der Waals surface area contributed by atoms with Crippen LogP contribution in [0.2, 0.25) is 0 Å². The lowest BCUT2D eigenvalue weighted by molar-refractivity contribution is 0.0696. The average Bonchev–Trinajstić information content (AvgIpc) is 2.91. The third-order valence-electron chi connectivity index (χ3n) is 3.24. The molecular formula is C16H13N3O3. The van der Waals surface area contributed by atoms with Crippen molar-refractivity contribution in [2.45, 2.75) is 6.92 Å². The molecule has 2 N–H and O–H groups in total. The first kappa shape index (κ1) is 13.8. The van der Waals surface area contributed by atoms with E-state index in [4.69, 9.17) is 5.11 Å². The third kappa shape index (κ3) is 2.67. The molecule has 0 radical (unpaired) electrons. The van der Waals surface area contributed by atoms with E-state index in [-0.39, 0.29) is 11.5 Å². The molecule has 3 aromatic rings. The molecule has 0 saturated heterocycles. The van der Waals surface area contributed by atoms with Gasteiger partial charge in [-0.05, 0) is 48.9 Å². The number of aryl methyl sites for hydroxylation is 1. The van der Waals surface area contributed by atoms with Crippen LogP contribution in [0.3, 0.4) is 0 Å². The van der Waals surface area contributed by atoms with Crippen molar-refractivity contribution in [3.05, 3.63) is 65.6 Å². The summed E-state index contributed by atoms with van der Waals surface area (Å²) in [6.07, 6.45) is 3.49. The molecule has 1 aromatic carbocycles. The highest BCUT2D eigenvalue weighted by Crippen LogP contribution is 2.12. The molecule has 0 aliphatic rings. The fraction of sp³-hybridized carbons (Fsp3) is 0.0625. The first-order valence-electron chi connectivity index (χ1n) is 6.63. The fourth-order valence-electron chi connectivity index (χ4n) is 2.08. The summed E-state index contributed by atoms with van der Waals surface area (Å²) < 4.78 is 1.77. The Hall–Kier alpha value is -3.15. The number of carboxylic acids is 1. The standard InChI is InChI=1S/C16H13N3O3/c1-10-6-7-19-9-13(18-14(19)8-10)15(20)17-12-4-2-11(3-5-12)16(21)22/h2-9H,1H3,(H,17,20)(H,21,22). The number of hydrogen-bond donors (Lipinski definition) is 2. The predicted molar refractivity (Wildman–Crippen MR) is 81.3 cm³/mol. The van der Waals surface area contributed by atoms with E-state index in [2.05, 4.69) is 10.3 Å². The third-order valence-corrected chi connectivity index (χ3v) is 3.24. The second-order valence-corrected chi connectivity index (χ2v) is 4.93. The number of hydrogen-bond acceptors (Lipinski definition) is 3. The van der Waals surface area contributed by atoms with Gasteiger partial charge in [0.25, 0.3) is 5.91 Å². The quantitative estimate of drug-likeness (QED) is 0.778. The number of carboxylic acid groups (broad SMARTS) is 1. The van der Waals surface area contributed by atoms with Crippen LogP contribution in [0.25, 0.3) is 5.65 Å². The van der Waals surface area contributed by atoms with Crippen LogP contribution in [0.4, 0.5) is 5.69 Å². The van der Waals surface area contributed by atoms with Gasteiger partial charge in [-0.1, -0.05) is 0 Å². The van der Waals surface area contributed by atoms with Crippen molar-refractivity contribution in [3.8, 4) is 0 Å². The lowest BCUT2D eigenvalue weighted by Gasteiger charge is -2.03. The molecule has 0 unspecified atom stereocenters. The van der Waals surface area contributed by atoms with Gasteiger partial charge in [-0.3, -0.25) is 4.79 Å². The average molecular weight is 295 g/mol. The van der Waals surface area contributed by atoms with Crippen molar-refractivity contribution >= 4 is 23.2 Å². The Morgan fingerprint density at radius 2 is 1.91 bits per heavy atom. The smallest absolute Gasteiger partial charge is 0.335 e. The number of benzene rings is 1. The van der Waals surface area contributed by atoms with Crippen LogP contribution < -0.4 is 5.32 Å². The van der Waals surface area contributed by atoms with Gasteiger partial charge in [-0.15, -0.1) is 0 Å². The number of carbonyl (C=O) groups excluding carboxylic acids is 1. The van der Waals surface area contributed by atoms with Crippen LogP contribution in [0.15, 0.2) is 48.8 Å². The maximum absolute atomic E-state index is 12.2. The lowest BCUT2D eigenvalue weighted by atomic mass is 10.2. The van der Waals surface area contributed by atoms with Crippen molar-refractivity contribution in [2.75, 3.05) is 5.32 Å². The molecule has 2 heterocycles. The summed E-state index contributed by atoms with van der Waals surface area (Å²) in [6.45, 7) is 1.96. The SMILES string of the molecule is Cc1ccn2cc(C(=O)Nc3ccc(C(=O)O)cc3)nc2c1. The zero-order valence-electron chi connectivity index (χ0n) is 11.8. The summed E-state index contributed by atoms with van der Waals surface area (Å²) in [4.78, 5) is 27.2. The molecule has 6 heteroatoms. The molecule has 0 fully saturated rings. The Balaban J connectivity index is 1.81. The fourth-order valence-corrected chi connectivity index (χ4v) is 2.08.